The van der Waals surface area contributed by atoms with Gasteiger partial charge in [0.25, 0.3) is 5.56 Å². The van der Waals surface area contributed by atoms with Crippen LogP contribution in [-0.4, -0.2) is 23.6 Å². The molecule has 35 heavy (non-hydrogen) atoms. The number of benzene rings is 3. The number of phenols is 1. The van der Waals surface area contributed by atoms with Crippen molar-refractivity contribution >= 4 is 22.6 Å². The van der Waals surface area contributed by atoms with E-state index in [2.05, 4.69) is 20.0 Å². The van der Waals surface area contributed by atoms with Gasteiger partial charge in [-0.1, -0.05) is 36.4 Å². The van der Waals surface area contributed by atoms with Crippen LogP contribution in [0, 0.1) is 20.8 Å². The molecule has 0 saturated carbocycles. The number of aryl methyl sites for hydroxylation is 3. The fraction of sp³-hybridized carbons (Fsp3) is 0.160. The van der Waals surface area contributed by atoms with E-state index in [9.17, 15) is 14.1 Å². The number of phenolic OH excluding ortho intramolecular Hbond substituents is 1. The molecule has 0 amide bonds. The van der Waals surface area contributed by atoms with Gasteiger partial charge in [0.2, 0.25) is 11.3 Å². The van der Waals surface area contributed by atoms with Crippen molar-refractivity contribution in [1.29, 1.82) is 0 Å². The molecule has 9 nitrogen and oxygen atoms in total. The molecule has 10 heteroatoms. The van der Waals surface area contributed by atoms with E-state index in [4.69, 9.17) is 4.55 Å². The number of aromatic nitrogens is 2. The molecular formula is C25H25N5O4S. The Kier molecular flexibility index (Phi) is 7.06. The topological polar surface area (TPSA) is 132 Å². The lowest BCUT2D eigenvalue weighted by molar-refractivity contribution is 0.478. The number of para-hydroxylation sites is 1. The summed E-state index contributed by atoms with van der Waals surface area (Å²) in [7, 11) is 0. The molecule has 4 rings (SSSR count). The molecule has 1 atom stereocenters. The summed E-state index contributed by atoms with van der Waals surface area (Å²) in [6.07, 6.45) is 0. The number of H-pyrrole nitrogens is 1. The minimum absolute atomic E-state index is 0.0882. The highest BCUT2D eigenvalue weighted by atomic mass is 32.2. The van der Waals surface area contributed by atoms with Crippen molar-refractivity contribution < 1.29 is 13.9 Å². The highest BCUT2D eigenvalue weighted by Gasteiger charge is 2.14. The number of aromatic amines is 1. The van der Waals surface area contributed by atoms with Gasteiger partial charge in [-0.25, -0.2) is 13.6 Å². The van der Waals surface area contributed by atoms with Gasteiger partial charge in [-0.3, -0.25) is 14.4 Å². The number of hydrogen-bond donors (Lipinski definition) is 4. The first-order chi connectivity index (χ1) is 16.7. The minimum Gasteiger partial charge on any atom is -0.505 e. The Hall–Kier alpha value is -3.86. The third kappa shape index (κ3) is 5.29. The second-order valence-corrected chi connectivity index (χ2v) is 8.93. The predicted molar refractivity (Wildman–Crippen MR) is 136 cm³/mol. The van der Waals surface area contributed by atoms with Gasteiger partial charge < -0.3 is 5.11 Å². The second kappa shape index (κ2) is 10.2. The number of rotatable bonds is 7. The van der Waals surface area contributed by atoms with Crippen molar-refractivity contribution in [3.63, 3.8) is 0 Å². The Balaban J connectivity index is 1.65. The molecule has 4 N–H and O–H groups in total. The van der Waals surface area contributed by atoms with Crippen LogP contribution in [0.1, 0.15) is 22.4 Å². The molecule has 180 valence electrons. The van der Waals surface area contributed by atoms with Crippen molar-refractivity contribution in [2.75, 3.05) is 0 Å². The Morgan fingerprint density at radius 2 is 1.77 bits per heavy atom. The zero-order chi connectivity index (χ0) is 25.1. The van der Waals surface area contributed by atoms with E-state index in [0.29, 0.717) is 22.5 Å². The van der Waals surface area contributed by atoms with Crippen LogP contribution < -0.4 is 10.3 Å². The van der Waals surface area contributed by atoms with Gasteiger partial charge in [-0.05, 0) is 67.3 Å². The minimum atomic E-state index is -2.12. The maximum Gasteiger partial charge on any atom is 0.299 e. The van der Waals surface area contributed by atoms with Crippen molar-refractivity contribution in [2.24, 2.45) is 10.2 Å². The molecule has 1 unspecified atom stereocenters. The molecule has 0 bridgehead atoms. The maximum absolute atomic E-state index is 13.0. The lowest BCUT2D eigenvalue weighted by Crippen LogP contribution is -2.15. The molecule has 4 aromatic rings. The Bertz CT molecular complexity index is 1510. The first-order valence-electron chi connectivity index (χ1n) is 10.8. The van der Waals surface area contributed by atoms with Crippen molar-refractivity contribution in [3.8, 4) is 22.6 Å². The molecule has 0 aliphatic carbocycles. The zero-order valence-electron chi connectivity index (χ0n) is 19.4. The van der Waals surface area contributed by atoms with Crippen LogP contribution in [0.25, 0.3) is 16.8 Å². The molecule has 0 saturated heterocycles. The van der Waals surface area contributed by atoms with E-state index < -0.39 is 11.3 Å². The fourth-order valence-corrected chi connectivity index (χ4v) is 3.93. The summed E-state index contributed by atoms with van der Waals surface area (Å²) >= 11 is -2.12. The van der Waals surface area contributed by atoms with Crippen LogP contribution in [0.3, 0.4) is 0 Å². The van der Waals surface area contributed by atoms with Gasteiger partial charge in [0, 0.05) is 12.1 Å². The Labute approximate surface area is 204 Å². The normalized spacial score (nSPS) is 12.3. The second-order valence-electron chi connectivity index (χ2n) is 8.14. The largest absolute Gasteiger partial charge is 0.505 e. The van der Waals surface area contributed by atoms with E-state index in [1.165, 1.54) is 4.68 Å². The summed E-state index contributed by atoms with van der Waals surface area (Å²) in [4.78, 5) is 13.0. The smallest absolute Gasteiger partial charge is 0.299 e. The van der Waals surface area contributed by atoms with Crippen LogP contribution in [0.15, 0.2) is 75.7 Å². The third-order valence-corrected chi connectivity index (χ3v) is 6.09. The van der Waals surface area contributed by atoms with Gasteiger partial charge in [0.1, 0.15) is 5.69 Å². The van der Waals surface area contributed by atoms with Gasteiger partial charge in [-0.2, -0.15) is 0 Å². The summed E-state index contributed by atoms with van der Waals surface area (Å²) in [6, 6.07) is 18.0. The number of azo groups is 1. The predicted octanol–water partition coefficient (Wildman–Crippen LogP) is 5.11. The molecule has 0 aliphatic rings. The van der Waals surface area contributed by atoms with E-state index in [1.807, 2.05) is 38.1 Å². The summed E-state index contributed by atoms with van der Waals surface area (Å²) in [5.74, 6) is -0.0882. The highest BCUT2D eigenvalue weighted by molar-refractivity contribution is 7.77. The molecular weight excluding hydrogens is 466 g/mol. The standard InChI is InChI=1S/C25H25N5O4S/c1-15-10-11-20(12-16(15)2)30-25(32)23(17(3)29-30)28-27-22-9-5-8-21(24(22)31)19-7-4-6-18(13-19)14-26-35(33)34/h4-13,26,29,31H,14H2,1-3H3,(H,33,34). The van der Waals surface area contributed by atoms with Crippen LogP contribution in [0.4, 0.5) is 11.4 Å². The number of aromatic hydroxyl groups is 1. The summed E-state index contributed by atoms with van der Waals surface area (Å²) in [5.41, 5.74) is 5.46. The summed E-state index contributed by atoms with van der Waals surface area (Å²) < 4.78 is 23.7. The van der Waals surface area contributed by atoms with Gasteiger partial charge in [0.05, 0.1) is 11.4 Å². The van der Waals surface area contributed by atoms with E-state index >= 15 is 0 Å². The molecule has 3 aromatic carbocycles. The third-order valence-electron chi connectivity index (χ3n) is 5.70. The number of nitrogens with one attached hydrogen (secondary N) is 2. The van der Waals surface area contributed by atoms with Crippen LogP contribution >= 0.6 is 0 Å². The lowest BCUT2D eigenvalue weighted by Gasteiger charge is -2.08. The van der Waals surface area contributed by atoms with Gasteiger partial charge in [0.15, 0.2) is 11.4 Å². The average molecular weight is 492 g/mol. The molecule has 0 aliphatic heterocycles. The monoisotopic (exact) mass is 491 g/mol. The van der Waals surface area contributed by atoms with E-state index in [1.54, 1.807) is 43.3 Å². The van der Waals surface area contributed by atoms with Crippen LogP contribution in [-0.2, 0) is 17.8 Å². The first-order valence-corrected chi connectivity index (χ1v) is 11.9. The van der Waals surface area contributed by atoms with E-state index in [-0.39, 0.29) is 29.2 Å². The fourth-order valence-electron chi connectivity index (χ4n) is 3.64. The molecule has 0 spiro atoms. The SMILES string of the molecule is Cc1ccc(-n2[nH]c(C)c(N=Nc3cccc(-c4cccc(CNS(=O)O)c4)c3O)c2=O)cc1C. The lowest BCUT2D eigenvalue weighted by atomic mass is 10.0. The van der Waals surface area contributed by atoms with Gasteiger partial charge in [-0.15, -0.1) is 10.2 Å². The zero-order valence-corrected chi connectivity index (χ0v) is 20.3. The average Bonchev–Trinajstić information content (AvgIpc) is 3.12. The van der Waals surface area contributed by atoms with Crippen LogP contribution in [0.2, 0.25) is 0 Å². The van der Waals surface area contributed by atoms with Crippen molar-refractivity contribution in [3.05, 3.63) is 93.4 Å². The van der Waals surface area contributed by atoms with Crippen molar-refractivity contribution in [1.82, 2.24) is 14.5 Å². The number of nitrogens with zero attached hydrogens (tertiary/aromatic N) is 3. The van der Waals surface area contributed by atoms with Gasteiger partial charge >= 0.3 is 0 Å². The quantitative estimate of drug-likeness (QED) is 0.211. The molecule has 1 aromatic heterocycles. The Morgan fingerprint density at radius 3 is 2.51 bits per heavy atom. The Morgan fingerprint density at radius 1 is 1.00 bits per heavy atom. The molecule has 0 fully saturated rings. The summed E-state index contributed by atoms with van der Waals surface area (Å²) in [5, 5.41) is 22.2. The molecule has 1 heterocycles. The van der Waals surface area contributed by atoms with E-state index in [0.717, 1.165) is 16.7 Å². The first kappa shape index (κ1) is 24.3. The molecule has 0 radical (unpaired) electrons. The van der Waals surface area contributed by atoms with Crippen molar-refractivity contribution in [2.45, 2.75) is 27.3 Å². The number of hydrogen-bond acceptors (Lipinski definition) is 5. The van der Waals surface area contributed by atoms with Crippen LogP contribution in [0.5, 0.6) is 5.75 Å². The maximum atomic E-state index is 13.0. The summed E-state index contributed by atoms with van der Waals surface area (Å²) in [6.45, 7) is 5.92. The highest BCUT2D eigenvalue weighted by Crippen LogP contribution is 2.38.